The van der Waals surface area contributed by atoms with Crippen molar-refractivity contribution in [1.29, 1.82) is 0 Å². The Morgan fingerprint density at radius 2 is 1.88 bits per heavy atom. The second kappa shape index (κ2) is 20.0. The van der Waals surface area contributed by atoms with Gasteiger partial charge in [0.1, 0.15) is 36.5 Å². The van der Waals surface area contributed by atoms with Crippen molar-refractivity contribution in [2.75, 3.05) is 66.3 Å². The molecule has 1 saturated carbocycles. The molecule has 56 heavy (non-hydrogen) atoms. The van der Waals surface area contributed by atoms with E-state index in [1.807, 2.05) is 48.2 Å². The fraction of sp³-hybridized carbons (Fsp3) is 0.600. The predicted octanol–water partition coefficient (Wildman–Crippen LogP) is 6.52. The van der Waals surface area contributed by atoms with Gasteiger partial charge in [-0.3, -0.25) is 9.69 Å². The first-order chi connectivity index (χ1) is 27.4. The Hall–Kier alpha value is -3.90. The average molecular weight is 774 g/mol. The van der Waals surface area contributed by atoms with E-state index in [4.69, 9.17) is 28.9 Å². The van der Waals surface area contributed by atoms with E-state index in [1.54, 1.807) is 13.2 Å². The molecule has 0 bridgehead atoms. The average Bonchev–Trinajstić information content (AvgIpc) is 4.04. The minimum absolute atomic E-state index is 0.0341. The molecule has 1 saturated heterocycles. The van der Waals surface area contributed by atoms with Gasteiger partial charge in [0, 0.05) is 57.3 Å². The van der Waals surface area contributed by atoms with Crippen LogP contribution in [0.3, 0.4) is 0 Å². The highest BCUT2D eigenvalue weighted by molar-refractivity contribution is 6.03. The van der Waals surface area contributed by atoms with Crippen LogP contribution in [0, 0.1) is 17.8 Å². The highest BCUT2D eigenvalue weighted by atomic mass is 16.7. The van der Waals surface area contributed by atoms with Gasteiger partial charge in [0.15, 0.2) is 0 Å². The number of unbranched alkanes of at least 4 members (excludes halogenated alkanes) is 2. The first-order valence-corrected chi connectivity index (χ1v) is 20.9. The van der Waals surface area contributed by atoms with Crippen LogP contribution in [0.1, 0.15) is 82.3 Å². The van der Waals surface area contributed by atoms with E-state index < -0.39 is 11.8 Å². The second-order valence-electron chi connectivity index (χ2n) is 15.5. The van der Waals surface area contributed by atoms with Gasteiger partial charge >= 0.3 is 0 Å². The molecule has 2 N–H and O–H groups in total. The standard InChI is InChI=1S/C45H63N3O8/c1-5-19-48(42(51)28-32-13-12-15-34(27-32)52-4)41-31-39(46-55-7-3)37-29-33(14-8-10-23-49)36(16-9-11-24-50)43-38-30-35(53-26-22-47-20-21-47)17-18-40(38)56-45(41,44(37)43)54-25-6-2/h6,12-13,15,17-18,27,29-30,33,36,41,43-44,49-50H,2,5,7-11,14,16,19-26,28,31H2,1,3-4H3. The van der Waals surface area contributed by atoms with Gasteiger partial charge in [-0.05, 0) is 92.3 Å². The van der Waals surface area contributed by atoms with Crippen molar-refractivity contribution in [2.45, 2.75) is 89.4 Å². The van der Waals surface area contributed by atoms with Gasteiger partial charge < -0.3 is 38.9 Å². The third-order valence-corrected chi connectivity index (χ3v) is 11.8. The molecular formula is C45H63N3O8. The first kappa shape index (κ1) is 41.7. The Labute approximate surface area is 333 Å². The molecule has 11 heteroatoms. The number of rotatable bonds is 23. The molecule has 4 aliphatic rings. The monoisotopic (exact) mass is 773 g/mol. The van der Waals surface area contributed by atoms with E-state index in [1.165, 1.54) is 0 Å². The molecule has 6 unspecified atom stereocenters. The van der Waals surface area contributed by atoms with E-state index in [9.17, 15) is 15.0 Å². The van der Waals surface area contributed by atoms with Gasteiger partial charge in [0.25, 0.3) is 0 Å². The zero-order chi connectivity index (χ0) is 39.5. The van der Waals surface area contributed by atoms with Crippen LogP contribution >= 0.6 is 0 Å². The number of carbonyl (C=O) groups is 1. The van der Waals surface area contributed by atoms with Gasteiger partial charge in [0.2, 0.25) is 11.7 Å². The van der Waals surface area contributed by atoms with Crippen LogP contribution in [-0.2, 0) is 20.8 Å². The predicted molar refractivity (Wildman–Crippen MR) is 217 cm³/mol. The summed E-state index contributed by atoms with van der Waals surface area (Å²) >= 11 is 0. The SMILES string of the molecule is C=CCOC12Oc3ccc(OCCN4CC4)cc3C3C(CCCCO)C(CCCCO)C=C(C(=NOCC)CC1N(CCC)C(=O)Cc1cccc(OC)c1)C32. The Balaban J connectivity index is 1.53. The van der Waals surface area contributed by atoms with Crippen molar-refractivity contribution in [3.63, 3.8) is 0 Å². The summed E-state index contributed by atoms with van der Waals surface area (Å²) in [6.45, 7) is 13.2. The quantitative estimate of drug-likeness (QED) is 0.0563. The van der Waals surface area contributed by atoms with Crippen molar-refractivity contribution in [2.24, 2.45) is 22.9 Å². The molecule has 11 nitrogen and oxygen atoms in total. The maximum Gasteiger partial charge on any atom is 0.239 e. The summed E-state index contributed by atoms with van der Waals surface area (Å²) in [5, 5.41) is 24.5. The van der Waals surface area contributed by atoms with Gasteiger partial charge in [-0.2, -0.15) is 0 Å². The maximum atomic E-state index is 14.7. The molecule has 2 fully saturated rings. The summed E-state index contributed by atoms with van der Waals surface area (Å²) in [5.74, 6) is 0.778. The summed E-state index contributed by atoms with van der Waals surface area (Å²) in [7, 11) is 1.63. The number of hydrogen-bond acceptors (Lipinski definition) is 10. The van der Waals surface area contributed by atoms with Crippen LogP contribution in [0.5, 0.6) is 17.2 Å². The summed E-state index contributed by atoms with van der Waals surface area (Å²) in [6, 6.07) is 13.3. The zero-order valence-corrected chi connectivity index (χ0v) is 33.7. The van der Waals surface area contributed by atoms with E-state index in [0.29, 0.717) is 38.3 Å². The molecule has 2 aromatic rings. The van der Waals surface area contributed by atoms with Gasteiger partial charge in [-0.25, -0.2) is 0 Å². The molecule has 0 aromatic heterocycles. The summed E-state index contributed by atoms with van der Waals surface area (Å²) in [6.07, 6.45) is 10.4. The van der Waals surface area contributed by atoms with Crippen LogP contribution in [-0.4, -0.2) is 110 Å². The molecule has 6 atom stereocenters. The van der Waals surface area contributed by atoms with Crippen molar-refractivity contribution in [3.05, 3.63) is 77.9 Å². The lowest BCUT2D eigenvalue weighted by atomic mass is 9.55. The molecule has 2 aliphatic carbocycles. The number of hydrogen-bond donors (Lipinski definition) is 2. The van der Waals surface area contributed by atoms with Crippen LogP contribution in [0.25, 0.3) is 0 Å². The number of methoxy groups -OCH3 is 1. The van der Waals surface area contributed by atoms with Gasteiger partial charge in [0.05, 0.1) is 31.8 Å². The summed E-state index contributed by atoms with van der Waals surface area (Å²) < 4.78 is 26.3. The minimum atomic E-state index is -1.28. The molecule has 2 aliphatic heterocycles. The Morgan fingerprint density at radius 1 is 1.07 bits per heavy atom. The highest BCUT2D eigenvalue weighted by Gasteiger charge is 2.65. The fourth-order valence-corrected chi connectivity index (χ4v) is 9.22. The van der Waals surface area contributed by atoms with Crippen LogP contribution in [0.4, 0.5) is 0 Å². The zero-order valence-electron chi connectivity index (χ0n) is 33.7. The smallest absolute Gasteiger partial charge is 0.239 e. The number of aliphatic hydroxyl groups excluding tert-OH is 2. The molecule has 0 spiro atoms. The number of benzene rings is 2. The number of oxime groups is 1. The first-order valence-electron chi connectivity index (χ1n) is 20.9. The van der Waals surface area contributed by atoms with Gasteiger partial charge in [-0.1, -0.05) is 49.2 Å². The Morgan fingerprint density at radius 3 is 2.59 bits per heavy atom. The summed E-state index contributed by atoms with van der Waals surface area (Å²) in [5.41, 5.74) is 3.76. The number of nitrogens with zero attached hydrogens (tertiary/aromatic N) is 3. The number of fused-ring (bicyclic) bond motifs is 2. The Kier molecular flexibility index (Phi) is 14.9. The van der Waals surface area contributed by atoms with E-state index in [2.05, 4.69) is 30.5 Å². The number of ether oxygens (including phenoxy) is 4. The molecule has 2 heterocycles. The topological polar surface area (TPSA) is 122 Å². The van der Waals surface area contributed by atoms with Crippen LogP contribution in [0.15, 0.2) is 71.9 Å². The molecule has 0 radical (unpaired) electrons. The lowest BCUT2D eigenvalue weighted by Gasteiger charge is -2.60. The molecular weight excluding hydrogens is 711 g/mol. The van der Waals surface area contributed by atoms with Gasteiger partial charge in [-0.15, -0.1) is 6.58 Å². The maximum absolute atomic E-state index is 14.7. The third-order valence-electron chi connectivity index (χ3n) is 11.8. The molecule has 2 aromatic carbocycles. The van der Waals surface area contributed by atoms with Crippen LogP contribution < -0.4 is 14.2 Å². The second-order valence-corrected chi connectivity index (χ2v) is 15.5. The minimum Gasteiger partial charge on any atom is -0.497 e. The van der Waals surface area contributed by atoms with E-state index in [0.717, 1.165) is 92.1 Å². The van der Waals surface area contributed by atoms with Crippen molar-refractivity contribution >= 4 is 11.6 Å². The Bertz CT molecular complexity index is 1680. The molecule has 6 rings (SSSR count). The van der Waals surface area contributed by atoms with Crippen molar-refractivity contribution < 1.29 is 38.8 Å². The third kappa shape index (κ3) is 9.44. The molecule has 306 valence electrons. The van der Waals surface area contributed by atoms with Crippen molar-refractivity contribution in [1.82, 2.24) is 9.80 Å². The van der Waals surface area contributed by atoms with Crippen LogP contribution in [0.2, 0.25) is 0 Å². The fourth-order valence-electron chi connectivity index (χ4n) is 9.22. The molecule has 1 amide bonds. The largest absolute Gasteiger partial charge is 0.497 e. The number of carbonyl (C=O) groups excluding carboxylic acids is 1. The summed E-state index contributed by atoms with van der Waals surface area (Å²) in [4.78, 5) is 24.9. The number of amides is 1. The lowest BCUT2D eigenvalue weighted by Crippen LogP contribution is -2.70. The van der Waals surface area contributed by atoms with E-state index in [-0.39, 0.29) is 55.8 Å². The lowest BCUT2D eigenvalue weighted by molar-refractivity contribution is -0.257. The highest BCUT2D eigenvalue weighted by Crippen LogP contribution is 2.62. The van der Waals surface area contributed by atoms with E-state index >= 15 is 0 Å². The normalized spacial score (nSPS) is 25.7. The number of aliphatic hydroxyl groups is 2. The van der Waals surface area contributed by atoms with Crippen molar-refractivity contribution in [3.8, 4) is 17.2 Å². The number of allylic oxidation sites excluding steroid dienone is 1.